The molecule has 0 aliphatic heterocycles. The van der Waals surface area contributed by atoms with Crippen molar-refractivity contribution in [1.82, 2.24) is 10.3 Å². The van der Waals surface area contributed by atoms with Crippen LogP contribution in [-0.2, 0) is 37.9 Å². The van der Waals surface area contributed by atoms with Gasteiger partial charge in [0.15, 0.2) is 5.75 Å². The van der Waals surface area contributed by atoms with Gasteiger partial charge in [-0.2, -0.15) is 26.3 Å². The first kappa shape index (κ1) is 32.0. The number of aromatic amines is 1. The number of methoxy groups -OCH3 is 1. The van der Waals surface area contributed by atoms with Crippen molar-refractivity contribution in [2.75, 3.05) is 12.4 Å². The predicted molar refractivity (Wildman–Crippen MR) is 134 cm³/mol. The molecule has 0 saturated heterocycles. The third kappa shape index (κ3) is 7.45. The number of alkyl halides is 6. The topological polar surface area (TPSA) is 110 Å². The van der Waals surface area contributed by atoms with E-state index >= 15 is 0 Å². The van der Waals surface area contributed by atoms with Crippen LogP contribution in [0.3, 0.4) is 0 Å². The third-order valence-electron chi connectivity index (χ3n) is 5.41. The fourth-order valence-corrected chi connectivity index (χ4v) is 3.55. The molecule has 3 aromatic rings. The van der Waals surface area contributed by atoms with Gasteiger partial charge in [0.2, 0.25) is 0 Å². The van der Waals surface area contributed by atoms with Gasteiger partial charge >= 0.3 is 30.1 Å². The zero-order chi connectivity index (χ0) is 30.4. The molecule has 14 heteroatoms. The molecule has 0 aliphatic carbocycles. The third-order valence-corrected chi connectivity index (χ3v) is 5.41. The molecule has 1 heterocycles. The number of H-pyrrole nitrogens is 1. The summed E-state index contributed by atoms with van der Waals surface area (Å²) in [6.45, 7) is 6.98. The Morgan fingerprint density at radius 1 is 0.950 bits per heavy atom. The normalized spacial score (nSPS) is 12.2. The lowest BCUT2D eigenvalue weighted by molar-refractivity contribution is -0.146. The van der Waals surface area contributed by atoms with E-state index in [2.05, 4.69) is 9.72 Å². The van der Waals surface area contributed by atoms with Gasteiger partial charge in [0.05, 0.1) is 7.11 Å². The number of rotatable bonds is 6. The highest BCUT2D eigenvalue weighted by molar-refractivity contribution is 6.40. The van der Waals surface area contributed by atoms with E-state index in [4.69, 9.17) is 4.74 Å². The fraction of sp³-hybridized carbons (Fsp3) is 0.346. The Morgan fingerprint density at radius 2 is 1.52 bits per heavy atom. The maximum absolute atomic E-state index is 13.9. The van der Waals surface area contributed by atoms with E-state index < -0.39 is 58.7 Å². The van der Waals surface area contributed by atoms with Crippen LogP contribution in [-0.4, -0.2) is 35.9 Å². The van der Waals surface area contributed by atoms with E-state index in [1.165, 1.54) is 18.2 Å². The van der Waals surface area contributed by atoms with Gasteiger partial charge in [-0.3, -0.25) is 9.59 Å². The Balaban J connectivity index is 0.00000274. The molecule has 218 valence electrons. The van der Waals surface area contributed by atoms with Crippen LogP contribution in [0.25, 0.3) is 10.9 Å². The Labute approximate surface area is 225 Å². The Hall–Kier alpha value is -4.23. The van der Waals surface area contributed by atoms with Crippen LogP contribution in [0, 0.1) is 0 Å². The molecule has 2 aromatic carbocycles. The predicted octanol–water partition coefficient (Wildman–Crippen LogP) is 6.20. The molecule has 0 fully saturated rings. The Kier molecular flexibility index (Phi) is 10.2. The van der Waals surface area contributed by atoms with Crippen LogP contribution in [0.5, 0.6) is 11.5 Å². The van der Waals surface area contributed by atoms with Crippen LogP contribution in [0.15, 0.2) is 36.5 Å². The highest BCUT2D eigenvalue weighted by Crippen LogP contribution is 2.47. The lowest BCUT2D eigenvalue weighted by Gasteiger charge is -2.21. The van der Waals surface area contributed by atoms with E-state index in [0.717, 1.165) is 19.6 Å². The summed E-state index contributed by atoms with van der Waals surface area (Å²) in [5.41, 5.74) is -3.27. The van der Waals surface area contributed by atoms with Gasteiger partial charge < -0.3 is 25.1 Å². The van der Waals surface area contributed by atoms with Gasteiger partial charge in [-0.05, 0) is 49.2 Å². The maximum atomic E-state index is 13.9. The first-order valence-corrected chi connectivity index (χ1v) is 12.0. The van der Waals surface area contributed by atoms with Crippen LogP contribution in [0.4, 0.5) is 32.0 Å². The molecule has 0 saturated carbocycles. The summed E-state index contributed by atoms with van der Waals surface area (Å²) in [7, 11) is 1.01. The fourth-order valence-electron chi connectivity index (χ4n) is 3.55. The van der Waals surface area contributed by atoms with Crippen LogP contribution < -0.4 is 15.4 Å². The number of fused-ring (bicyclic) bond motifs is 1. The SMILES string of the molecule is CC.CCc1c[nH]c2ccc(Oc3c(C(F)(F)F)cc(NC(=O)C(=O)NC(C)C(=O)OC)cc3C(F)(F)F)cc12. The average Bonchev–Trinajstić information content (AvgIpc) is 3.30. The van der Waals surface area contributed by atoms with Crippen molar-refractivity contribution in [3.63, 3.8) is 0 Å². The first-order chi connectivity index (χ1) is 18.6. The molecular formula is C26H27F6N3O5. The van der Waals surface area contributed by atoms with Crippen molar-refractivity contribution in [3.8, 4) is 11.5 Å². The number of hydrogen-bond donors (Lipinski definition) is 3. The molecule has 1 unspecified atom stereocenters. The van der Waals surface area contributed by atoms with Crippen LogP contribution >= 0.6 is 0 Å². The highest BCUT2D eigenvalue weighted by atomic mass is 19.4. The van der Waals surface area contributed by atoms with Gasteiger partial charge in [-0.25, -0.2) is 4.79 Å². The van der Waals surface area contributed by atoms with Gasteiger partial charge in [0, 0.05) is 22.8 Å². The number of anilines is 1. The monoisotopic (exact) mass is 575 g/mol. The number of carbonyl (C=O) groups excluding carboxylic acids is 3. The molecule has 3 rings (SSSR count). The van der Waals surface area contributed by atoms with E-state index in [0.29, 0.717) is 17.3 Å². The summed E-state index contributed by atoms with van der Waals surface area (Å²) in [5.74, 6) is -5.84. The number of halogens is 6. The average molecular weight is 576 g/mol. The largest absolute Gasteiger partial charge is 0.467 e. The molecule has 0 aliphatic rings. The quantitative estimate of drug-likeness (QED) is 0.184. The lowest BCUT2D eigenvalue weighted by atomic mass is 10.1. The number of hydrogen-bond acceptors (Lipinski definition) is 5. The van der Waals surface area contributed by atoms with Crippen molar-refractivity contribution >= 4 is 34.4 Å². The van der Waals surface area contributed by atoms with Crippen LogP contribution in [0.2, 0.25) is 0 Å². The minimum atomic E-state index is -5.34. The molecule has 0 spiro atoms. The van der Waals surface area contributed by atoms with Crippen molar-refractivity contribution in [1.29, 1.82) is 0 Å². The minimum Gasteiger partial charge on any atom is -0.467 e. The molecule has 1 aromatic heterocycles. The summed E-state index contributed by atoms with van der Waals surface area (Å²) in [6.07, 6.45) is -8.48. The molecule has 1 atom stereocenters. The van der Waals surface area contributed by atoms with E-state index in [1.54, 1.807) is 11.5 Å². The van der Waals surface area contributed by atoms with Crippen molar-refractivity contribution < 1.29 is 50.2 Å². The Bertz CT molecular complexity index is 1350. The van der Waals surface area contributed by atoms with E-state index in [-0.39, 0.29) is 17.9 Å². The summed E-state index contributed by atoms with van der Waals surface area (Å²) in [5, 5.41) is 4.16. The molecule has 3 N–H and O–H groups in total. The summed E-state index contributed by atoms with van der Waals surface area (Å²) < 4.78 is 93.1. The van der Waals surface area contributed by atoms with E-state index in [1.807, 2.05) is 26.1 Å². The number of nitrogens with one attached hydrogen (secondary N) is 3. The van der Waals surface area contributed by atoms with Gasteiger partial charge in [0.25, 0.3) is 0 Å². The minimum absolute atomic E-state index is 0.214. The summed E-state index contributed by atoms with van der Waals surface area (Å²) in [4.78, 5) is 38.5. The van der Waals surface area contributed by atoms with Crippen LogP contribution in [0.1, 0.15) is 44.4 Å². The molecular weight excluding hydrogens is 548 g/mol. The number of aromatic nitrogens is 1. The zero-order valence-corrected chi connectivity index (χ0v) is 22.1. The summed E-state index contributed by atoms with van der Waals surface area (Å²) >= 11 is 0. The number of amides is 2. The molecule has 40 heavy (non-hydrogen) atoms. The smallest absolute Gasteiger partial charge is 0.420 e. The second-order valence-corrected chi connectivity index (χ2v) is 8.05. The Morgan fingerprint density at radius 3 is 2.02 bits per heavy atom. The maximum Gasteiger partial charge on any atom is 0.420 e. The molecule has 0 radical (unpaired) electrons. The number of ether oxygens (including phenoxy) is 2. The van der Waals surface area contributed by atoms with Crippen molar-refractivity contribution in [2.45, 2.75) is 52.5 Å². The number of aryl methyl sites for hydroxylation is 1. The number of esters is 1. The second kappa shape index (κ2) is 12.7. The highest BCUT2D eigenvalue weighted by Gasteiger charge is 2.43. The van der Waals surface area contributed by atoms with Crippen molar-refractivity contribution in [2.24, 2.45) is 0 Å². The molecule has 8 nitrogen and oxygen atoms in total. The summed E-state index contributed by atoms with van der Waals surface area (Å²) in [6, 6.07) is 3.09. The van der Waals surface area contributed by atoms with Crippen molar-refractivity contribution in [3.05, 3.63) is 53.2 Å². The van der Waals surface area contributed by atoms with E-state index in [9.17, 15) is 40.7 Å². The van der Waals surface area contributed by atoms with Gasteiger partial charge in [-0.1, -0.05) is 20.8 Å². The number of benzene rings is 2. The first-order valence-electron chi connectivity index (χ1n) is 12.0. The zero-order valence-electron chi connectivity index (χ0n) is 22.1. The van der Waals surface area contributed by atoms with Gasteiger partial charge in [0.1, 0.15) is 22.9 Å². The lowest BCUT2D eigenvalue weighted by Crippen LogP contribution is -2.44. The van der Waals surface area contributed by atoms with Gasteiger partial charge in [-0.15, -0.1) is 0 Å². The number of carbonyl (C=O) groups is 3. The molecule has 2 amide bonds. The standard InChI is InChI=1S/C24H21F6N3O5.C2H6/c1-4-12-10-31-18-6-5-14(9-15(12)18)38-19-16(23(25,26)27)7-13(8-17(19)24(28,29)30)33-21(35)20(34)32-11(2)22(36)37-3;1-2/h5-11,31H,4H2,1-3H3,(H,32,34)(H,33,35);1-2H3. The second-order valence-electron chi connectivity index (χ2n) is 8.05. The molecule has 0 bridgehead atoms.